The maximum Gasteiger partial charge on any atom is 0.272 e. The largest absolute Gasteiger partial charge is 0.469 e. The molecular formula is C19H16F2N6OS. The third kappa shape index (κ3) is 4.54. The molecule has 0 spiro atoms. The van der Waals surface area contributed by atoms with Gasteiger partial charge in [-0.1, -0.05) is 30.3 Å². The number of halogens is 2. The van der Waals surface area contributed by atoms with E-state index in [0.717, 1.165) is 16.3 Å². The molecule has 1 N–H and O–H groups in total. The molecule has 10 heteroatoms. The van der Waals surface area contributed by atoms with Crippen LogP contribution in [0.1, 0.15) is 0 Å². The lowest BCUT2D eigenvalue weighted by Gasteiger charge is -2.07. The van der Waals surface area contributed by atoms with E-state index in [1.807, 2.05) is 35.7 Å². The highest BCUT2D eigenvalue weighted by Crippen LogP contribution is 2.29. The van der Waals surface area contributed by atoms with Gasteiger partial charge in [0.2, 0.25) is 5.95 Å². The third-order valence-corrected chi connectivity index (χ3v) is 4.72. The number of thiazole rings is 1. The van der Waals surface area contributed by atoms with E-state index in [1.165, 1.54) is 16.0 Å². The van der Waals surface area contributed by atoms with E-state index < -0.39 is 13.0 Å². The van der Waals surface area contributed by atoms with Crippen molar-refractivity contribution in [2.24, 2.45) is 7.05 Å². The fraction of sp³-hybridized carbons (Fsp3) is 0.158. The topological polar surface area (TPSA) is 77.8 Å². The molecule has 0 aliphatic heterocycles. The molecular weight excluding hydrogens is 398 g/mol. The van der Waals surface area contributed by atoms with Crippen LogP contribution < -0.4 is 10.1 Å². The monoisotopic (exact) mass is 414 g/mol. The second kappa shape index (κ2) is 8.31. The molecule has 0 atom stereocenters. The van der Waals surface area contributed by atoms with Gasteiger partial charge in [-0.25, -0.2) is 23.7 Å². The molecule has 4 aromatic rings. The van der Waals surface area contributed by atoms with Crippen molar-refractivity contribution in [2.75, 3.05) is 11.9 Å². The molecule has 4 rings (SSSR count). The zero-order chi connectivity index (χ0) is 20.2. The number of nitrogens with one attached hydrogen (secondary N) is 1. The molecule has 0 radical (unpaired) electrons. The van der Waals surface area contributed by atoms with Crippen LogP contribution in [0.4, 0.5) is 20.4 Å². The van der Waals surface area contributed by atoms with E-state index in [9.17, 15) is 8.78 Å². The standard InChI is InChI=1S/C19H16F2N6OS/c1-27-9-14(17(26-27)28-10-16(20)21)25-19-22-8-7-13(24-19)15-11-29-18(23-15)12-5-3-2-4-6-12/h2-9,11,16H,10H2,1H3,(H,22,24,25). The van der Waals surface area contributed by atoms with Gasteiger partial charge in [-0.2, -0.15) is 0 Å². The second-order valence-electron chi connectivity index (χ2n) is 6.02. The number of anilines is 2. The first-order valence-corrected chi connectivity index (χ1v) is 9.52. The Morgan fingerprint density at radius 2 is 1.97 bits per heavy atom. The summed E-state index contributed by atoms with van der Waals surface area (Å²) in [6.07, 6.45) is 0.614. The Balaban J connectivity index is 1.55. The SMILES string of the molecule is Cn1cc(Nc2nccc(-c3csc(-c4ccccc4)n3)n2)c(OCC(F)F)n1. The molecule has 0 aliphatic carbocycles. The maximum atomic E-state index is 12.4. The first-order chi connectivity index (χ1) is 14.1. The Morgan fingerprint density at radius 3 is 2.76 bits per heavy atom. The molecule has 1 aromatic carbocycles. The number of nitrogens with zero attached hydrogens (tertiary/aromatic N) is 5. The number of benzene rings is 1. The summed E-state index contributed by atoms with van der Waals surface area (Å²) in [7, 11) is 1.66. The van der Waals surface area contributed by atoms with E-state index in [-0.39, 0.29) is 11.8 Å². The van der Waals surface area contributed by atoms with E-state index >= 15 is 0 Å². The van der Waals surface area contributed by atoms with Crippen molar-refractivity contribution in [1.29, 1.82) is 0 Å². The summed E-state index contributed by atoms with van der Waals surface area (Å²) in [6, 6.07) is 11.6. The highest BCUT2D eigenvalue weighted by molar-refractivity contribution is 7.13. The van der Waals surface area contributed by atoms with Crippen LogP contribution in [0.3, 0.4) is 0 Å². The predicted molar refractivity (Wildman–Crippen MR) is 107 cm³/mol. The lowest BCUT2D eigenvalue weighted by atomic mass is 10.2. The fourth-order valence-electron chi connectivity index (χ4n) is 2.59. The van der Waals surface area contributed by atoms with E-state index in [1.54, 1.807) is 25.5 Å². The minimum atomic E-state index is -2.59. The number of hydrogen-bond donors (Lipinski definition) is 1. The van der Waals surface area contributed by atoms with Crippen LogP contribution in [0.15, 0.2) is 54.2 Å². The molecule has 0 amide bonds. The van der Waals surface area contributed by atoms with Gasteiger partial charge in [-0.3, -0.25) is 4.68 Å². The van der Waals surface area contributed by atoms with Gasteiger partial charge in [-0.05, 0) is 6.07 Å². The second-order valence-corrected chi connectivity index (χ2v) is 6.88. The smallest absolute Gasteiger partial charge is 0.272 e. The lowest BCUT2D eigenvalue weighted by Crippen LogP contribution is -2.08. The number of alkyl halides is 2. The molecule has 7 nitrogen and oxygen atoms in total. The van der Waals surface area contributed by atoms with Crippen molar-refractivity contribution < 1.29 is 13.5 Å². The van der Waals surface area contributed by atoms with Gasteiger partial charge >= 0.3 is 0 Å². The van der Waals surface area contributed by atoms with Gasteiger partial charge in [-0.15, -0.1) is 16.4 Å². The number of rotatable bonds is 7. The van der Waals surface area contributed by atoms with Crippen molar-refractivity contribution in [2.45, 2.75) is 6.43 Å². The van der Waals surface area contributed by atoms with Crippen molar-refractivity contribution in [3.63, 3.8) is 0 Å². The van der Waals surface area contributed by atoms with Crippen LogP contribution in [0, 0.1) is 0 Å². The van der Waals surface area contributed by atoms with Crippen LogP contribution in [-0.2, 0) is 7.05 Å². The summed E-state index contributed by atoms with van der Waals surface area (Å²) in [5, 5.41) is 9.81. The van der Waals surface area contributed by atoms with E-state index in [2.05, 4.69) is 25.4 Å². The molecule has 3 aromatic heterocycles. The van der Waals surface area contributed by atoms with E-state index in [4.69, 9.17) is 4.74 Å². The number of hydrogen-bond acceptors (Lipinski definition) is 7. The van der Waals surface area contributed by atoms with Gasteiger partial charge in [0.05, 0.1) is 11.9 Å². The first-order valence-electron chi connectivity index (χ1n) is 8.64. The quantitative estimate of drug-likeness (QED) is 0.483. The average Bonchev–Trinajstić information content (AvgIpc) is 3.34. The van der Waals surface area contributed by atoms with Gasteiger partial charge in [0.15, 0.2) is 6.61 Å². The summed E-state index contributed by atoms with van der Waals surface area (Å²) in [4.78, 5) is 13.3. The van der Waals surface area contributed by atoms with Gasteiger partial charge in [0.1, 0.15) is 16.4 Å². The molecule has 0 fully saturated rings. The zero-order valence-electron chi connectivity index (χ0n) is 15.3. The molecule has 0 saturated carbocycles. The maximum absolute atomic E-state index is 12.4. The summed E-state index contributed by atoms with van der Waals surface area (Å²) >= 11 is 1.53. The zero-order valence-corrected chi connectivity index (χ0v) is 16.1. The van der Waals surface area contributed by atoms with Crippen LogP contribution in [0.5, 0.6) is 5.88 Å². The highest BCUT2D eigenvalue weighted by Gasteiger charge is 2.14. The lowest BCUT2D eigenvalue weighted by molar-refractivity contribution is 0.0796. The molecule has 29 heavy (non-hydrogen) atoms. The number of aryl methyl sites for hydroxylation is 1. The number of ether oxygens (including phenoxy) is 1. The first kappa shape index (κ1) is 18.9. The van der Waals surface area contributed by atoms with Crippen molar-refractivity contribution in [3.05, 3.63) is 54.2 Å². The van der Waals surface area contributed by atoms with Gasteiger partial charge in [0, 0.05) is 24.2 Å². The van der Waals surface area contributed by atoms with E-state index in [0.29, 0.717) is 11.4 Å². The third-order valence-electron chi connectivity index (χ3n) is 3.83. The van der Waals surface area contributed by atoms with Crippen LogP contribution >= 0.6 is 11.3 Å². The van der Waals surface area contributed by atoms with Crippen LogP contribution in [-0.4, -0.2) is 37.8 Å². The Labute approximate surface area is 169 Å². The molecule has 0 unspecified atom stereocenters. The molecule has 0 aliphatic rings. The Morgan fingerprint density at radius 1 is 1.14 bits per heavy atom. The minimum Gasteiger partial charge on any atom is -0.469 e. The number of aromatic nitrogens is 5. The van der Waals surface area contributed by atoms with Crippen LogP contribution in [0.25, 0.3) is 22.0 Å². The normalized spacial score (nSPS) is 11.0. The van der Waals surface area contributed by atoms with Crippen molar-refractivity contribution in [1.82, 2.24) is 24.7 Å². The summed E-state index contributed by atoms with van der Waals surface area (Å²) in [5.41, 5.74) is 2.79. The fourth-order valence-corrected chi connectivity index (χ4v) is 3.41. The summed E-state index contributed by atoms with van der Waals surface area (Å²) in [5.74, 6) is 0.341. The Hall–Kier alpha value is -3.40. The summed E-state index contributed by atoms with van der Waals surface area (Å²) < 4.78 is 31.4. The van der Waals surface area contributed by atoms with Gasteiger partial charge in [0.25, 0.3) is 12.3 Å². The van der Waals surface area contributed by atoms with Crippen molar-refractivity contribution in [3.8, 4) is 27.8 Å². The predicted octanol–water partition coefficient (Wildman–Crippen LogP) is 4.39. The Kier molecular flexibility index (Phi) is 5.43. The molecule has 0 saturated heterocycles. The van der Waals surface area contributed by atoms with Crippen LogP contribution in [0.2, 0.25) is 0 Å². The molecule has 148 valence electrons. The molecule has 0 bridgehead atoms. The highest BCUT2D eigenvalue weighted by atomic mass is 32.1. The van der Waals surface area contributed by atoms with Crippen molar-refractivity contribution >= 4 is 23.0 Å². The summed E-state index contributed by atoms with van der Waals surface area (Å²) in [6.45, 7) is -0.742. The molecule has 3 heterocycles. The average molecular weight is 414 g/mol. The Bertz CT molecular complexity index is 1100. The minimum absolute atomic E-state index is 0.0572. The van der Waals surface area contributed by atoms with Gasteiger partial charge < -0.3 is 10.1 Å².